The van der Waals surface area contributed by atoms with Gasteiger partial charge in [0.05, 0.1) is 6.10 Å². The van der Waals surface area contributed by atoms with Gasteiger partial charge in [-0.25, -0.2) is 9.97 Å². The first kappa shape index (κ1) is 10.5. The van der Waals surface area contributed by atoms with Crippen LogP contribution < -0.4 is 0 Å². The summed E-state index contributed by atoms with van der Waals surface area (Å²) in [6.07, 6.45) is 8.86. The second-order valence-corrected chi connectivity index (χ2v) is 5.75. The van der Waals surface area contributed by atoms with Crippen molar-refractivity contribution in [3.63, 3.8) is 0 Å². The molecule has 0 unspecified atom stereocenters. The molecule has 86 valence electrons. The van der Waals surface area contributed by atoms with Crippen molar-refractivity contribution < 1.29 is 5.11 Å². The first-order valence-corrected chi connectivity index (χ1v) is 7.03. The minimum absolute atomic E-state index is 0.0551. The zero-order valence-corrected chi connectivity index (χ0v) is 10.2. The monoisotopic (exact) mass is 236 g/mol. The summed E-state index contributed by atoms with van der Waals surface area (Å²) in [5, 5.41) is 9.73. The molecule has 2 aliphatic carbocycles. The van der Waals surface area contributed by atoms with E-state index >= 15 is 0 Å². The Morgan fingerprint density at radius 2 is 2.06 bits per heavy atom. The second-order valence-electron chi connectivity index (χ2n) is 4.87. The summed E-state index contributed by atoms with van der Waals surface area (Å²) in [6.45, 7) is 0. The third kappa shape index (κ3) is 1.84. The minimum atomic E-state index is -0.0551. The van der Waals surface area contributed by atoms with Gasteiger partial charge in [-0.15, -0.1) is 11.8 Å². The number of rotatable bonds is 3. The van der Waals surface area contributed by atoms with Gasteiger partial charge in [0.1, 0.15) is 5.82 Å². The topological polar surface area (TPSA) is 46.0 Å². The van der Waals surface area contributed by atoms with Crippen molar-refractivity contribution in [2.24, 2.45) is 17.8 Å². The highest BCUT2D eigenvalue weighted by Gasteiger charge is 2.53. The van der Waals surface area contributed by atoms with Crippen molar-refractivity contribution in [1.29, 1.82) is 0 Å². The number of hydrogen-bond acceptors (Lipinski definition) is 4. The van der Waals surface area contributed by atoms with E-state index in [2.05, 4.69) is 9.97 Å². The quantitative estimate of drug-likeness (QED) is 0.812. The lowest BCUT2D eigenvalue weighted by molar-refractivity contribution is 0.151. The predicted molar refractivity (Wildman–Crippen MR) is 63.2 cm³/mol. The first-order chi connectivity index (χ1) is 7.78. The van der Waals surface area contributed by atoms with Crippen LogP contribution >= 0.6 is 11.8 Å². The van der Waals surface area contributed by atoms with Gasteiger partial charge >= 0.3 is 0 Å². The van der Waals surface area contributed by atoms with Crippen molar-refractivity contribution >= 4 is 11.8 Å². The number of nitrogens with zero attached hydrogens (tertiary/aromatic N) is 2. The molecule has 3 rings (SSSR count). The van der Waals surface area contributed by atoms with Crippen molar-refractivity contribution in [2.75, 3.05) is 6.26 Å². The third-order valence-corrected chi connectivity index (χ3v) is 4.58. The van der Waals surface area contributed by atoms with Crippen LogP contribution in [0.25, 0.3) is 0 Å². The lowest BCUT2D eigenvalue weighted by Crippen LogP contribution is -2.11. The molecule has 4 heteroatoms. The molecule has 0 radical (unpaired) electrons. The SMILES string of the molecule is CSc1cnc(C[C@@H]2C[C@H](O)[C@H]3C[C@@H]23)nc1. The van der Waals surface area contributed by atoms with Crippen LogP contribution in [0.2, 0.25) is 0 Å². The smallest absolute Gasteiger partial charge is 0.128 e. The normalized spacial score (nSPS) is 36.1. The van der Waals surface area contributed by atoms with E-state index in [1.165, 1.54) is 6.42 Å². The molecular weight excluding hydrogens is 220 g/mol. The van der Waals surface area contributed by atoms with Gasteiger partial charge in [0.15, 0.2) is 0 Å². The van der Waals surface area contributed by atoms with Crippen LogP contribution in [0, 0.1) is 17.8 Å². The Morgan fingerprint density at radius 1 is 1.31 bits per heavy atom. The number of fused-ring (bicyclic) bond motifs is 1. The first-order valence-electron chi connectivity index (χ1n) is 5.81. The van der Waals surface area contributed by atoms with Crippen molar-refractivity contribution in [1.82, 2.24) is 9.97 Å². The van der Waals surface area contributed by atoms with E-state index in [-0.39, 0.29) is 6.10 Å². The Balaban J connectivity index is 1.65. The fourth-order valence-electron chi connectivity index (χ4n) is 2.90. The summed E-state index contributed by atoms with van der Waals surface area (Å²) in [5.41, 5.74) is 0. The summed E-state index contributed by atoms with van der Waals surface area (Å²) in [6, 6.07) is 0. The molecule has 0 spiro atoms. The van der Waals surface area contributed by atoms with E-state index in [1.807, 2.05) is 18.6 Å². The molecule has 0 bridgehead atoms. The number of aromatic nitrogens is 2. The van der Waals surface area contributed by atoms with Crippen LogP contribution in [0.4, 0.5) is 0 Å². The second kappa shape index (κ2) is 4.00. The Bertz CT molecular complexity index is 381. The molecule has 0 amide bonds. The molecule has 2 fully saturated rings. The average molecular weight is 236 g/mol. The van der Waals surface area contributed by atoms with E-state index in [1.54, 1.807) is 11.8 Å². The van der Waals surface area contributed by atoms with Gasteiger partial charge in [-0.05, 0) is 36.9 Å². The minimum Gasteiger partial charge on any atom is -0.393 e. The van der Waals surface area contributed by atoms with E-state index < -0.39 is 0 Å². The highest BCUT2D eigenvalue weighted by molar-refractivity contribution is 7.98. The van der Waals surface area contributed by atoms with Crippen LogP contribution in [0.5, 0.6) is 0 Å². The van der Waals surface area contributed by atoms with Gasteiger partial charge in [-0.3, -0.25) is 0 Å². The molecule has 0 aliphatic heterocycles. The summed E-state index contributed by atoms with van der Waals surface area (Å²) < 4.78 is 0. The Hall–Kier alpha value is -0.610. The number of thioether (sulfide) groups is 1. The fraction of sp³-hybridized carbons (Fsp3) is 0.667. The molecule has 2 aliphatic rings. The maximum absolute atomic E-state index is 9.73. The highest BCUT2D eigenvalue weighted by Crippen LogP contribution is 2.56. The lowest BCUT2D eigenvalue weighted by atomic mass is 9.98. The van der Waals surface area contributed by atoms with Gasteiger partial charge in [0.2, 0.25) is 0 Å². The molecule has 2 saturated carbocycles. The van der Waals surface area contributed by atoms with Crippen LogP contribution in [-0.4, -0.2) is 27.4 Å². The summed E-state index contributed by atoms with van der Waals surface area (Å²) in [5.74, 6) is 2.89. The standard InChI is InChI=1S/C12H16N2OS/c1-16-8-5-13-12(14-6-8)3-7-2-11(15)10-4-9(7)10/h5-7,9-11,15H,2-4H2,1H3/t7-,9-,10-,11-/m0/s1. The summed E-state index contributed by atoms with van der Waals surface area (Å²) >= 11 is 1.66. The highest BCUT2D eigenvalue weighted by atomic mass is 32.2. The molecule has 4 atom stereocenters. The average Bonchev–Trinajstić information content (AvgIpc) is 3.04. The maximum Gasteiger partial charge on any atom is 0.128 e. The molecule has 3 nitrogen and oxygen atoms in total. The van der Waals surface area contributed by atoms with Crippen LogP contribution in [0.15, 0.2) is 17.3 Å². The Morgan fingerprint density at radius 3 is 2.56 bits per heavy atom. The molecule has 16 heavy (non-hydrogen) atoms. The van der Waals surface area contributed by atoms with E-state index in [4.69, 9.17) is 0 Å². The lowest BCUT2D eigenvalue weighted by Gasteiger charge is -2.11. The predicted octanol–water partition coefficient (Wildman–Crippen LogP) is 1.76. The van der Waals surface area contributed by atoms with Crippen LogP contribution in [0.1, 0.15) is 18.7 Å². The molecule has 1 N–H and O–H groups in total. The van der Waals surface area contributed by atoms with Crippen molar-refractivity contribution in [2.45, 2.75) is 30.3 Å². The van der Waals surface area contributed by atoms with E-state index in [0.29, 0.717) is 11.8 Å². The number of aliphatic hydroxyl groups is 1. The Kier molecular flexibility index (Phi) is 2.64. The van der Waals surface area contributed by atoms with Crippen LogP contribution in [-0.2, 0) is 6.42 Å². The third-order valence-electron chi connectivity index (χ3n) is 3.90. The fourth-order valence-corrected chi connectivity index (χ4v) is 3.22. The van der Waals surface area contributed by atoms with Gasteiger partial charge < -0.3 is 5.11 Å². The molecule has 0 saturated heterocycles. The molecule has 1 aromatic heterocycles. The molecule has 0 aromatic carbocycles. The van der Waals surface area contributed by atoms with Crippen molar-refractivity contribution in [3.05, 3.63) is 18.2 Å². The largest absolute Gasteiger partial charge is 0.393 e. The molecule has 1 heterocycles. The maximum atomic E-state index is 9.73. The van der Waals surface area contributed by atoms with E-state index in [9.17, 15) is 5.11 Å². The van der Waals surface area contributed by atoms with Gasteiger partial charge in [-0.2, -0.15) is 0 Å². The zero-order chi connectivity index (χ0) is 11.1. The zero-order valence-electron chi connectivity index (χ0n) is 9.34. The number of aliphatic hydroxyl groups excluding tert-OH is 1. The Labute approximate surface area is 99.7 Å². The van der Waals surface area contributed by atoms with Crippen molar-refractivity contribution in [3.8, 4) is 0 Å². The number of hydrogen-bond donors (Lipinski definition) is 1. The van der Waals surface area contributed by atoms with E-state index in [0.717, 1.165) is 29.5 Å². The summed E-state index contributed by atoms with van der Waals surface area (Å²) in [4.78, 5) is 9.87. The summed E-state index contributed by atoms with van der Waals surface area (Å²) in [7, 11) is 0. The van der Waals surface area contributed by atoms with Gasteiger partial charge in [-0.1, -0.05) is 0 Å². The molecular formula is C12H16N2OS. The van der Waals surface area contributed by atoms with Crippen LogP contribution in [0.3, 0.4) is 0 Å². The van der Waals surface area contributed by atoms with Gasteiger partial charge in [0, 0.05) is 23.7 Å². The van der Waals surface area contributed by atoms with Gasteiger partial charge in [0.25, 0.3) is 0 Å². The molecule has 1 aromatic rings.